The van der Waals surface area contributed by atoms with Crippen LogP contribution in [0.5, 0.6) is 0 Å². The highest BCUT2D eigenvalue weighted by atomic mass is 79.9. The normalized spacial score (nSPS) is 12.0. The predicted octanol–water partition coefficient (Wildman–Crippen LogP) is 2.63. The minimum atomic E-state index is -3.62. The summed E-state index contributed by atoms with van der Waals surface area (Å²) in [5.74, 6) is -1.12. The molecule has 0 radical (unpaired) electrons. The fraction of sp³-hybridized carbons (Fsp3) is 0.500. The number of thiophene rings is 1. The van der Waals surface area contributed by atoms with Crippen molar-refractivity contribution in [1.82, 2.24) is 4.31 Å². The minimum Gasteiger partial charge on any atom is -0.477 e. The van der Waals surface area contributed by atoms with E-state index in [9.17, 15) is 13.2 Å². The van der Waals surface area contributed by atoms with Gasteiger partial charge in [0, 0.05) is 13.1 Å². The third kappa shape index (κ3) is 3.11. The molecule has 0 unspecified atom stereocenters. The SMILES string of the molecule is CCCN(CC)S(=O)(=O)c1cc(C(=O)O)sc1Br. The number of sulfonamides is 1. The van der Waals surface area contributed by atoms with E-state index in [2.05, 4.69) is 15.9 Å². The van der Waals surface area contributed by atoms with Gasteiger partial charge in [-0.3, -0.25) is 0 Å². The summed E-state index contributed by atoms with van der Waals surface area (Å²) < 4.78 is 26.3. The molecule has 102 valence electrons. The van der Waals surface area contributed by atoms with Crippen LogP contribution in [0.25, 0.3) is 0 Å². The Labute approximate surface area is 119 Å². The Kier molecular flexibility index (Phi) is 5.32. The van der Waals surface area contributed by atoms with Gasteiger partial charge < -0.3 is 5.11 Å². The molecule has 0 aliphatic carbocycles. The molecule has 0 atom stereocenters. The molecule has 0 aromatic carbocycles. The lowest BCUT2D eigenvalue weighted by molar-refractivity contribution is 0.0702. The van der Waals surface area contributed by atoms with Gasteiger partial charge in [0.1, 0.15) is 9.77 Å². The number of carboxylic acids is 1. The maximum absolute atomic E-state index is 12.3. The summed E-state index contributed by atoms with van der Waals surface area (Å²) in [5, 5.41) is 8.87. The van der Waals surface area contributed by atoms with Gasteiger partial charge in [-0.05, 0) is 28.4 Å². The topological polar surface area (TPSA) is 74.7 Å². The van der Waals surface area contributed by atoms with Crippen LogP contribution in [0.2, 0.25) is 0 Å². The number of rotatable bonds is 6. The van der Waals surface area contributed by atoms with Crippen LogP contribution in [0, 0.1) is 0 Å². The Morgan fingerprint density at radius 1 is 1.50 bits per heavy atom. The van der Waals surface area contributed by atoms with Crippen LogP contribution >= 0.6 is 27.3 Å². The second-order valence-electron chi connectivity index (χ2n) is 3.55. The van der Waals surface area contributed by atoms with Gasteiger partial charge in [0.2, 0.25) is 10.0 Å². The van der Waals surface area contributed by atoms with Crippen molar-refractivity contribution >= 4 is 43.3 Å². The Balaban J connectivity index is 3.23. The largest absolute Gasteiger partial charge is 0.477 e. The Hall–Kier alpha value is -0.440. The van der Waals surface area contributed by atoms with E-state index in [0.29, 0.717) is 23.3 Å². The summed E-state index contributed by atoms with van der Waals surface area (Å²) in [6, 6.07) is 1.20. The Morgan fingerprint density at radius 2 is 2.11 bits per heavy atom. The number of hydrogen-bond donors (Lipinski definition) is 1. The molecule has 1 heterocycles. The van der Waals surface area contributed by atoms with E-state index in [-0.39, 0.29) is 9.77 Å². The van der Waals surface area contributed by atoms with Crippen molar-refractivity contribution in [1.29, 1.82) is 0 Å². The first-order chi connectivity index (χ1) is 8.34. The van der Waals surface area contributed by atoms with Gasteiger partial charge in [0.05, 0.1) is 3.79 Å². The molecule has 1 N–H and O–H groups in total. The van der Waals surface area contributed by atoms with Crippen LogP contribution < -0.4 is 0 Å². The molecule has 0 bridgehead atoms. The number of nitrogens with zero attached hydrogens (tertiary/aromatic N) is 1. The molecule has 0 aliphatic heterocycles. The summed E-state index contributed by atoms with van der Waals surface area (Å²) in [6.07, 6.45) is 0.709. The average molecular weight is 356 g/mol. The molecule has 1 rings (SSSR count). The smallest absolute Gasteiger partial charge is 0.345 e. The van der Waals surface area contributed by atoms with Gasteiger partial charge in [-0.25, -0.2) is 13.2 Å². The van der Waals surface area contributed by atoms with E-state index in [4.69, 9.17) is 5.11 Å². The molecular formula is C10H14BrNO4S2. The van der Waals surface area contributed by atoms with Crippen molar-refractivity contribution in [2.75, 3.05) is 13.1 Å². The highest BCUT2D eigenvalue weighted by Gasteiger charge is 2.28. The molecule has 0 fully saturated rings. The third-order valence-corrected chi connectivity index (χ3v) is 6.52. The lowest BCUT2D eigenvalue weighted by Crippen LogP contribution is -2.31. The van der Waals surface area contributed by atoms with Gasteiger partial charge in [-0.1, -0.05) is 13.8 Å². The molecule has 18 heavy (non-hydrogen) atoms. The van der Waals surface area contributed by atoms with Crippen molar-refractivity contribution < 1.29 is 18.3 Å². The van der Waals surface area contributed by atoms with Crippen LogP contribution in [-0.4, -0.2) is 36.9 Å². The van der Waals surface area contributed by atoms with Crippen LogP contribution in [0.4, 0.5) is 0 Å². The van der Waals surface area contributed by atoms with Crippen LogP contribution in [0.15, 0.2) is 14.7 Å². The fourth-order valence-corrected chi connectivity index (χ4v) is 5.36. The molecule has 0 aliphatic rings. The first-order valence-electron chi connectivity index (χ1n) is 5.37. The zero-order valence-electron chi connectivity index (χ0n) is 10.0. The van der Waals surface area contributed by atoms with E-state index in [1.54, 1.807) is 6.92 Å². The van der Waals surface area contributed by atoms with Crippen LogP contribution in [-0.2, 0) is 10.0 Å². The average Bonchev–Trinajstić information content (AvgIpc) is 2.68. The first kappa shape index (κ1) is 15.6. The number of aromatic carboxylic acids is 1. The van der Waals surface area contributed by atoms with Crippen LogP contribution in [0.3, 0.4) is 0 Å². The van der Waals surface area contributed by atoms with Gasteiger partial charge in [-0.2, -0.15) is 4.31 Å². The first-order valence-corrected chi connectivity index (χ1v) is 8.42. The second-order valence-corrected chi connectivity index (χ2v) is 7.83. The lowest BCUT2D eigenvalue weighted by Gasteiger charge is -2.19. The van der Waals surface area contributed by atoms with Crippen molar-refractivity contribution in [3.8, 4) is 0 Å². The lowest BCUT2D eigenvalue weighted by atomic mass is 10.5. The maximum Gasteiger partial charge on any atom is 0.345 e. The van der Waals surface area contributed by atoms with E-state index in [1.165, 1.54) is 10.4 Å². The summed E-state index contributed by atoms with van der Waals surface area (Å²) in [5.41, 5.74) is 0. The molecule has 0 saturated heterocycles. The summed E-state index contributed by atoms with van der Waals surface area (Å²) >= 11 is 4.03. The minimum absolute atomic E-state index is 0.00741. The van der Waals surface area contributed by atoms with Crippen molar-refractivity contribution in [3.63, 3.8) is 0 Å². The van der Waals surface area contributed by atoms with E-state index >= 15 is 0 Å². The molecule has 1 aromatic rings. The van der Waals surface area contributed by atoms with Gasteiger partial charge in [-0.15, -0.1) is 11.3 Å². The molecule has 5 nitrogen and oxygen atoms in total. The number of hydrogen-bond acceptors (Lipinski definition) is 4. The van der Waals surface area contributed by atoms with Crippen molar-refractivity contribution in [2.45, 2.75) is 25.2 Å². The van der Waals surface area contributed by atoms with Crippen LogP contribution in [0.1, 0.15) is 29.9 Å². The summed E-state index contributed by atoms with van der Waals surface area (Å²) in [7, 11) is -3.62. The molecule has 1 aromatic heterocycles. The highest BCUT2D eigenvalue weighted by molar-refractivity contribution is 9.11. The maximum atomic E-state index is 12.3. The van der Waals surface area contributed by atoms with Crippen molar-refractivity contribution in [2.24, 2.45) is 0 Å². The third-order valence-electron chi connectivity index (χ3n) is 2.31. The number of carbonyl (C=O) groups is 1. The zero-order chi connectivity index (χ0) is 13.9. The van der Waals surface area contributed by atoms with E-state index < -0.39 is 16.0 Å². The van der Waals surface area contributed by atoms with Gasteiger partial charge in [0.25, 0.3) is 0 Å². The Morgan fingerprint density at radius 3 is 2.50 bits per heavy atom. The monoisotopic (exact) mass is 355 g/mol. The molecule has 0 spiro atoms. The number of carboxylic acid groups (broad SMARTS) is 1. The number of halogens is 1. The van der Waals surface area contributed by atoms with Gasteiger partial charge in [0.15, 0.2) is 0 Å². The molecular weight excluding hydrogens is 342 g/mol. The fourth-order valence-electron chi connectivity index (χ4n) is 1.47. The van der Waals surface area contributed by atoms with Gasteiger partial charge >= 0.3 is 5.97 Å². The summed E-state index contributed by atoms with van der Waals surface area (Å²) in [4.78, 5) is 10.9. The van der Waals surface area contributed by atoms with E-state index in [1.807, 2.05) is 6.92 Å². The van der Waals surface area contributed by atoms with E-state index in [0.717, 1.165) is 11.3 Å². The van der Waals surface area contributed by atoms with Crippen molar-refractivity contribution in [3.05, 3.63) is 14.7 Å². The standard InChI is InChI=1S/C10H14BrNO4S2/c1-3-5-12(4-2)18(15,16)8-6-7(10(13)14)17-9(8)11/h6H,3-5H2,1-2H3,(H,13,14). The molecule has 8 heteroatoms. The molecule has 0 saturated carbocycles. The zero-order valence-corrected chi connectivity index (χ0v) is 13.2. The predicted molar refractivity (Wildman–Crippen MR) is 73.7 cm³/mol. The quantitative estimate of drug-likeness (QED) is 0.850. The highest BCUT2D eigenvalue weighted by Crippen LogP contribution is 2.33. The second kappa shape index (κ2) is 6.14. The summed E-state index contributed by atoms with van der Waals surface area (Å²) in [6.45, 7) is 4.43. The Bertz CT molecular complexity index is 538. The molecule has 0 amide bonds.